The average Bonchev–Trinajstić information content (AvgIpc) is 3.73. The number of hydrogen-bond acceptors (Lipinski definition) is 20. The van der Waals surface area contributed by atoms with E-state index in [1.807, 2.05) is 0 Å². The van der Waals surface area contributed by atoms with E-state index in [0.29, 0.717) is 6.42 Å². The topological polar surface area (TPSA) is 404 Å². The number of hydrogen-bond donors (Lipinski definition) is 11. The maximum Gasteiger partial charge on any atom is 0.481 e. The fraction of sp³-hybridized carbons (Fsp3) is 0.742. The Balaban J connectivity index is 1.42. The van der Waals surface area contributed by atoms with Crippen molar-refractivity contribution >= 4 is 69.1 Å². The molecule has 0 spiro atoms. The van der Waals surface area contributed by atoms with Gasteiger partial charge < -0.3 is 61.1 Å². The van der Waals surface area contributed by atoms with E-state index in [4.69, 9.17) is 19.5 Å². The van der Waals surface area contributed by atoms with Crippen LogP contribution < -0.4 is 16.4 Å². The van der Waals surface area contributed by atoms with E-state index in [1.54, 1.807) is 0 Å². The molecular formula is C31H54N7O19P3S. The number of carbonyl (C=O) groups excluding carboxylic acids is 3. The van der Waals surface area contributed by atoms with Gasteiger partial charge in [-0.15, -0.1) is 0 Å². The minimum atomic E-state index is -5.59. The number of fused-ring (bicyclic) bond motifs is 1. The summed E-state index contributed by atoms with van der Waals surface area (Å²) in [6.45, 7) is 2.30. The summed E-state index contributed by atoms with van der Waals surface area (Å²) in [7, 11) is -16.5. The van der Waals surface area contributed by atoms with Crippen LogP contribution in [0.4, 0.5) is 5.82 Å². The average molecular weight is 954 g/mol. The number of nitrogens with one attached hydrogen (secondary N) is 2. The van der Waals surface area contributed by atoms with Crippen LogP contribution in [-0.2, 0) is 50.7 Å². The number of ether oxygens (including phenoxy) is 1. The van der Waals surface area contributed by atoms with E-state index >= 15 is 0 Å². The molecule has 2 amide bonds. The number of imidazole rings is 1. The van der Waals surface area contributed by atoms with Crippen LogP contribution in [0.3, 0.4) is 0 Å². The first-order chi connectivity index (χ1) is 28.4. The van der Waals surface area contributed by atoms with Crippen LogP contribution in [0.1, 0.15) is 71.9 Å². The Morgan fingerprint density at radius 2 is 1.67 bits per heavy atom. The molecular weight excluding hydrogens is 899 g/mol. The SMILES string of the molecule is CCCCCCC(O)C(O)CC(=O)SCCNC(=O)CCNC(=O)C(O)C(C)(C)COP(=O)(O)OP(=O)(O)OCC1OC(n2cnc3c(N)ncnc32)C(O)C1OP(=O)(O)O. The van der Waals surface area contributed by atoms with Gasteiger partial charge in [-0.25, -0.2) is 28.6 Å². The predicted molar refractivity (Wildman–Crippen MR) is 212 cm³/mol. The molecule has 1 aliphatic heterocycles. The third-order valence-electron chi connectivity index (χ3n) is 8.94. The quantitative estimate of drug-likeness (QED) is 0.0406. The van der Waals surface area contributed by atoms with Gasteiger partial charge in [-0.2, -0.15) is 4.31 Å². The zero-order valence-corrected chi connectivity index (χ0v) is 36.9. The van der Waals surface area contributed by atoms with Crippen LogP contribution in [0.5, 0.6) is 0 Å². The van der Waals surface area contributed by atoms with Gasteiger partial charge in [-0.05, 0) is 6.42 Å². The van der Waals surface area contributed by atoms with E-state index < -0.39 is 96.8 Å². The standard InChI is InChI=1S/C31H54N7O19P3S/c1-4-5-6-7-8-18(39)19(40)13-22(42)61-12-11-33-21(41)9-10-34-29(45)26(44)31(2,3)15-54-60(51,52)57-59(49,50)53-14-20-25(56-58(46,47)48)24(43)30(55-20)38-17-37-23-27(32)35-16-36-28(23)38/h16-20,24-26,30,39-40,43-44H,4-15H2,1-3H3,(H,33,41)(H,34,45)(H,49,50)(H,51,52)(H2,32,35,36)(H2,46,47,48). The minimum Gasteiger partial charge on any atom is -0.390 e. The van der Waals surface area contributed by atoms with Crippen LogP contribution >= 0.6 is 35.2 Å². The highest BCUT2D eigenvalue weighted by Gasteiger charge is 2.50. The van der Waals surface area contributed by atoms with E-state index in [1.165, 1.54) is 13.8 Å². The largest absolute Gasteiger partial charge is 0.481 e. The van der Waals surface area contributed by atoms with Gasteiger partial charge >= 0.3 is 23.5 Å². The molecule has 9 atom stereocenters. The monoisotopic (exact) mass is 953 g/mol. The second-order valence-corrected chi connectivity index (χ2v) is 19.9. The zero-order chi connectivity index (χ0) is 45.8. The van der Waals surface area contributed by atoms with E-state index in [0.717, 1.165) is 54.7 Å². The van der Waals surface area contributed by atoms with Gasteiger partial charge in [0.25, 0.3) is 0 Å². The van der Waals surface area contributed by atoms with Crippen LogP contribution in [-0.4, -0.2) is 145 Å². The summed E-state index contributed by atoms with van der Waals surface area (Å²) in [6, 6.07) is 0. The van der Waals surface area contributed by atoms with Crippen molar-refractivity contribution in [3.05, 3.63) is 12.7 Å². The molecule has 0 saturated carbocycles. The fourth-order valence-electron chi connectivity index (χ4n) is 5.63. The van der Waals surface area contributed by atoms with Crippen LogP contribution in [0.15, 0.2) is 12.7 Å². The molecule has 2 aromatic heterocycles. The van der Waals surface area contributed by atoms with Crippen molar-refractivity contribution in [3.8, 4) is 0 Å². The van der Waals surface area contributed by atoms with Gasteiger partial charge in [0.2, 0.25) is 11.8 Å². The molecule has 30 heteroatoms. The molecule has 0 aromatic carbocycles. The lowest BCUT2D eigenvalue weighted by Gasteiger charge is -2.30. The van der Waals surface area contributed by atoms with Gasteiger partial charge in [-0.1, -0.05) is 58.2 Å². The Morgan fingerprint density at radius 1 is 0.984 bits per heavy atom. The third-order valence-corrected chi connectivity index (χ3v) is 12.9. The number of thioether (sulfide) groups is 1. The number of aliphatic hydroxyl groups excluding tert-OH is 4. The summed E-state index contributed by atoms with van der Waals surface area (Å²) in [5.41, 5.74) is 4.22. The molecule has 3 heterocycles. The van der Waals surface area contributed by atoms with Gasteiger partial charge in [0, 0.05) is 37.1 Å². The Bertz CT molecular complexity index is 1920. The summed E-state index contributed by atoms with van der Waals surface area (Å²) in [6.07, 6.45) is -5.40. The minimum absolute atomic E-state index is 0.0219. The van der Waals surface area contributed by atoms with Crippen molar-refractivity contribution in [2.24, 2.45) is 5.41 Å². The van der Waals surface area contributed by atoms with Crippen molar-refractivity contribution in [2.75, 3.05) is 37.8 Å². The smallest absolute Gasteiger partial charge is 0.390 e. The second-order valence-electron chi connectivity index (χ2n) is 14.5. The number of phosphoric ester groups is 3. The molecule has 26 nitrogen and oxygen atoms in total. The van der Waals surface area contributed by atoms with Gasteiger partial charge in [-0.3, -0.25) is 32.5 Å². The fourth-order valence-corrected chi connectivity index (χ4v) is 9.18. The zero-order valence-electron chi connectivity index (χ0n) is 33.4. The number of anilines is 1. The highest BCUT2D eigenvalue weighted by molar-refractivity contribution is 8.13. The van der Waals surface area contributed by atoms with Crippen LogP contribution in [0.2, 0.25) is 0 Å². The molecule has 2 aromatic rings. The molecule has 348 valence electrons. The highest BCUT2D eigenvalue weighted by atomic mass is 32.2. The van der Waals surface area contributed by atoms with Crippen molar-refractivity contribution in [1.29, 1.82) is 0 Å². The maximum atomic E-state index is 12.7. The number of nitrogens with zero attached hydrogens (tertiary/aromatic N) is 4. The first kappa shape index (κ1) is 52.8. The third kappa shape index (κ3) is 17.2. The van der Waals surface area contributed by atoms with Gasteiger partial charge in [0.05, 0.1) is 31.7 Å². The number of carbonyl (C=O) groups is 3. The number of amides is 2. The summed E-state index contributed by atoms with van der Waals surface area (Å²) < 4.78 is 62.2. The van der Waals surface area contributed by atoms with E-state index in [9.17, 15) is 68.1 Å². The maximum absolute atomic E-state index is 12.7. The molecule has 9 unspecified atom stereocenters. The number of nitrogen functional groups attached to an aromatic ring is 1. The van der Waals surface area contributed by atoms with E-state index in [-0.39, 0.29) is 53.8 Å². The van der Waals surface area contributed by atoms with Crippen molar-refractivity contribution in [3.63, 3.8) is 0 Å². The van der Waals surface area contributed by atoms with Gasteiger partial charge in [0.15, 0.2) is 22.8 Å². The molecule has 61 heavy (non-hydrogen) atoms. The van der Waals surface area contributed by atoms with Crippen molar-refractivity contribution in [1.82, 2.24) is 30.2 Å². The number of aliphatic hydroxyl groups is 4. The molecule has 0 aliphatic carbocycles. The van der Waals surface area contributed by atoms with Crippen molar-refractivity contribution < 1.29 is 90.7 Å². The van der Waals surface area contributed by atoms with Crippen LogP contribution in [0.25, 0.3) is 11.2 Å². The molecule has 0 bridgehead atoms. The summed E-state index contributed by atoms with van der Waals surface area (Å²) in [4.78, 5) is 87.9. The number of rotatable bonds is 27. The lowest BCUT2D eigenvalue weighted by Crippen LogP contribution is -2.46. The first-order valence-corrected chi connectivity index (χ1v) is 24.3. The Morgan fingerprint density at radius 3 is 2.34 bits per heavy atom. The molecule has 0 radical (unpaired) electrons. The second kappa shape index (κ2) is 23.4. The number of aromatic nitrogens is 4. The molecule has 12 N–H and O–H groups in total. The summed E-state index contributed by atoms with van der Waals surface area (Å²) >= 11 is 0.877. The normalized spacial score (nSPS) is 22.0. The lowest BCUT2D eigenvalue weighted by molar-refractivity contribution is -0.137. The summed E-state index contributed by atoms with van der Waals surface area (Å²) in [5, 5.41) is 46.1. The first-order valence-electron chi connectivity index (χ1n) is 18.8. The summed E-state index contributed by atoms with van der Waals surface area (Å²) in [5.74, 6) is -1.38. The highest BCUT2D eigenvalue weighted by Crippen LogP contribution is 2.61. The predicted octanol–water partition coefficient (Wildman–Crippen LogP) is -0.253. The lowest BCUT2D eigenvalue weighted by atomic mass is 9.87. The Kier molecular flexibility index (Phi) is 20.3. The van der Waals surface area contributed by atoms with Crippen molar-refractivity contribution in [2.45, 2.75) is 109 Å². The molecule has 1 saturated heterocycles. The number of phosphoric acid groups is 3. The number of nitrogens with two attached hydrogens (primary N) is 1. The molecule has 1 fully saturated rings. The molecule has 1 aliphatic rings. The van der Waals surface area contributed by atoms with Crippen LogP contribution in [0, 0.1) is 5.41 Å². The Labute approximate surface area is 353 Å². The Hall–Kier alpha value is -2.52. The molecule has 3 rings (SSSR count). The number of unbranched alkanes of at least 4 members (excludes halogenated alkanes) is 3. The van der Waals surface area contributed by atoms with E-state index in [2.05, 4.69) is 41.3 Å². The van der Waals surface area contributed by atoms with Gasteiger partial charge in [0.1, 0.15) is 36.3 Å².